The molecule has 0 saturated heterocycles. The lowest BCUT2D eigenvalue weighted by Gasteiger charge is -2.24. The number of aliphatic hydroxyl groups is 1. The third kappa shape index (κ3) is 5.26. The summed E-state index contributed by atoms with van der Waals surface area (Å²) in [5, 5.41) is 11.6. The van der Waals surface area contributed by atoms with Crippen LogP contribution in [-0.2, 0) is 0 Å². The maximum Gasteiger partial charge on any atom is 0.251 e. The van der Waals surface area contributed by atoms with E-state index in [0.717, 1.165) is 12.5 Å². The van der Waals surface area contributed by atoms with Gasteiger partial charge >= 0.3 is 0 Å². The van der Waals surface area contributed by atoms with E-state index in [2.05, 4.69) is 5.32 Å². The van der Waals surface area contributed by atoms with Crippen molar-refractivity contribution in [2.45, 2.75) is 26.7 Å². The van der Waals surface area contributed by atoms with Gasteiger partial charge in [0, 0.05) is 24.4 Å². The summed E-state index contributed by atoms with van der Waals surface area (Å²) >= 11 is 0. The number of rotatable bonds is 6. The van der Waals surface area contributed by atoms with Gasteiger partial charge in [-0.25, -0.2) is 4.39 Å². The first-order valence-electron chi connectivity index (χ1n) is 6.29. The molecule has 1 rings (SSSR count). The van der Waals surface area contributed by atoms with E-state index in [0.29, 0.717) is 13.0 Å². The zero-order valence-corrected chi connectivity index (χ0v) is 11.4. The third-order valence-electron chi connectivity index (χ3n) is 2.92. The van der Waals surface area contributed by atoms with Gasteiger partial charge in [-0.1, -0.05) is 13.8 Å². The molecule has 1 aromatic rings. The smallest absolute Gasteiger partial charge is 0.251 e. The zero-order chi connectivity index (χ0) is 14.5. The average Bonchev–Trinajstić information content (AvgIpc) is 2.32. The summed E-state index contributed by atoms with van der Waals surface area (Å²) in [5.74, 6) is -0.868. The second-order valence-corrected chi connectivity index (χ2v) is 5.45. The van der Waals surface area contributed by atoms with Crippen LogP contribution in [0.1, 0.15) is 37.0 Å². The van der Waals surface area contributed by atoms with Crippen LogP contribution in [0.25, 0.3) is 0 Å². The van der Waals surface area contributed by atoms with Crippen LogP contribution in [0, 0.1) is 11.2 Å². The van der Waals surface area contributed by atoms with Crippen molar-refractivity contribution in [3.63, 3.8) is 0 Å². The first-order valence-corrected chi connectivity index (χ1v) is 6.29. The molecule has 0 aliphatic rings. The molecule has 106 valence electrons. The van der Waals surface area contributed by atoms with Crippen molar-refractivity contribution in [1.29, 1.82) is 0 Å². The van der Waals surface area contributed by atoms with Crippen molar-refractivity contribution >= 4 is 11.6 Å². The van der Waals surface area contributed by atoms with Crippen molar-refractivity contribution in [3.8, 4) is 0 Å². The van der Waals surface area contributed by atoms with Gasteiger partial charge in [0.2, 0.25) is 0 Å². The third-order valence-corrected chi connectivity index (χ3v) is 2.92. The molecule has 0 saturated carbocycles. The van der Waals surface area contributed by atoms with Crippen LogP contribution in [0.4, 0.5) is 10.1 Å². The lowest BCUT2D eigenvalue weighted by Crippen LogP contribution is -2.34. The molecular formula is C14H21FN2O2. The average molecular weight is 268 g/mol. The first-order chi connectivity index (χ1) is 8.84. The maximum absolute atomic E-state index is 13.1. The number of carbonyl (C=O) groups is 1. The molecule has 0 spiro atoms. The van der Waals surface area contributed by atoms with Gasteiger partial charge in [0.25, 0.3) is 5.91 Å². The molecule has 0 unspecified atom stereocenters. The fourth-order valence-corrected chi connectivity index (χ4v) is 1.81. The number of hydrogen-bond donors (Lipinski definition) is 3. The molecule has 1 amide bonds. The van der Waals surface area contributed by atoms with E-state index < -0.39 is 5.82 Å². The van der Waals surface area contributed by atoms with E-state index in [4.69, 9.17) is 10.8 Å². The topological polar surface area (TPSA) is 75.3 Å². The molecule has 4 N–H and O–H groups in total. The Morgan fingerprint density at radius 3 is 2.68 bits per heavy atom. The summed E-state index contributed by atoms with van der Waals surface area (Å²) in [6, 6.07) is 3.77. The lowest BCUT2D eigenvalue weighted by atomic mass is 9.88. The number of carbonyl (C=O) groups excluding carboxylic acids is 1. The SMILES string of the molecule is CC(C)(CCCO)CNC(=O)c1cc(N)cc(F)c1. The first kappa shape index (κ1) is 15.4. The molecule has 0 bridgehead atoms. The molecule has 0 aliphatic carbocycles. The van der Waals surface area contributed by atoms with Gasteiger partial charge < -0.3 is 16.2 Å². The van der Waals surface area contributed by atoms with Crippen molar-refractivity contribution in [1.82, 2.24) is 5.32 Å². The van der Waals surface area contributed by atoms with E-state index in [1.165, 1.54) is 12.1 Å². The molecule has 5 heteroatoms. The summed E-state index contributed by atoms with van der Waals surface area (Å²) in [4.78, 5) is 11.9. The highest BCUT2D eigenvalue weighted by Gasteiger charge is 2.19. The highest BCUT2D eigenvalue weighted by molar-refractivity contribution is 5.95. The Morgan fingerprint density at radius 1 is 1.42 bits per heavy atom. The number of nitrogens with one attached hydrogen (secondary N) is 1. The second-order valence-electron chi connectivity index (χ2n) is 5.45. The normalized spacial score (nSPS) is 11.4. The molecule has 0 radical (unpaired) electrons. The summed E-state index contributed by atoms with van der Waals surface area (Å²) in [6.07, 6.45) is 1.49. The quantitative estimate of drug-likeness (QED) is 0.690. The zero-order valence-electron chi connectivity index (χ0n) is 11.4. The van der Waals surface area contributed by atoms with E-state index in [9.17, 15) is 9.18 Å². The number of nitrogens with two attached hydrogens (primary N) is 1. The molecule has 0 heterocycles. The highest BCUT2D eigenvalue weighted by Crippen LogP contribution is 2.21. The summed E-state index contributed by atoms with van der Waals surface area (Å²) in [7, 11) is 0. The molecule has 1 aromatic carbocycles. The number of aliphatic hydroxyl groups excluding tert-OH is 1. The number of halogens is 1. The standard InChI is InChI=1S/C14H21FN2O2/c1-14(2,4-3-5-18)9-17-13(19)10-6-11(15)8-12(16)7-10/h6-8,18H,3-5,9,16H2,1-2H3,(H,17,19). The Morgan fingerprint density at radius 2 is 2.11 bits per heavy atom. The van der Waals surface area contributed by atoms with Crippen molar-refractivity contribution in [3.05, 3.63) is 29.6 Å². The molecule has 4 nitrogen and oxygen atoms in total. The second kappa shape index (κ2) is 6.52. The van der Waals surface area contributed by atoms with Crippen LogP contribution < -0.4 is 11.1 Å². The molecule has 0 aromatic heterocycles. The highest BCUT2D eigenvalue weighted by atomic mass is 19.1. The Hall–Kier alpha value is -1.62. The van der Waals surface area contributed by atoms with Gasteiger partial charge in [-0.15, -0.1) is 0 Å². The van der Waals surface area contributed by atoms with Crippen LogP contribution in [0.2, 0.25) is 0 Å². The molecule has 0 fully saturated rings. The van der Waals surface area contributed by atoms with Crippen molar-refractivity contribution in [2.75, 3.05) is 18.9 Å². The van der Waals surface area contributed by atoms with Gasteiger partial charge in [0.15, 0.2) is 0 Å². The van der Waals surface area contributed by atoms with Crippen LogP contribution in [0.3, 0.4) is 0 Å². The van der Waals surface area contributed by atoms with Crippen molar-refractivity contribution < 1.29 is 14.3 Å². The van der Waals surface area contributed by atoms with Crippen LogP contribution >= 0.6 is 0 Å². The number of hydrogen-bond acceptors (Lipinski definition) is 3. The number of nitrogen functional groups attached to an aromatic ring is 1. The van der Waals surface area contributed by atoms with E-state index in [-0.39, 0.29) is 29.2 Å². The molecule has 0 atom stereocenters. The lowest BCUT2D eigenvalue weighted by molar-refractivity contribution is 0.0932. The summed E-state index contributed by atoms with van der Waals surface area (Å²) in [5.41, 5.74) is 5.83. The predicted octanol–water partition coefficient (Wildman–Crippen LogP) is 1.94. The fraction of sp³-hybridized carbons (Fsp3) is 0.500. The predicted molar refractivity (Wildman–Crippen MR) is 73.2 cm³/mol. The van der Waals surface area contributed by atoms with Gasteiger partial charge in [-0.2, -0.15) is 0 Å². The maximum atomic E-state index is 13.1. The Kier molecular flexibility index (Phi) is 5.30. The Labute approximate surface area is 112 Å². The van der Waals surface area contributed by atoms with E-state index >= 15 is 0 Å². The summed E-state index contributed by atoms with van der Waals surface area (Å²) < 4.78 is 13.1. The van der Waals surface area contributed by atoms with E-state index in [1.807, 2.05) is 13.8 Å². The van der Waals surface area contributed by atoms with Crippen LogP contribution in [0.5, 0.6) is 0 Å². The molecule has 19 heavy (non-hydrogen) atoms. The van der Waals surface area contributed by atoms with Crippen molar-refractivity contribution in [2.24, 2.45) is 5.41 Å². The van der Waals surface area contributed by atoms with Crippen LogP contribution in [-0.4, -0.2) is 24.2 Å². The number of anilines is 1. The summed E-state index contributed by atoms with van der Waals surface area (Å²) in [6.45, 7) is 4.60. The molecular weight excluding hydrogens is 247 g/mol. The fourth-order valence-electron chi connectivity index (χ4n) is 1.81. The Balaban J connectivity index is 2.60. The van der Waals surface area contributed by atoms with Gasteiger partial charge in [-0.3, -0.25) is 4.79 Å². The molecule has 0 aliphatic heterocycles. The van der Waals surface area contributed by atoms with Gasteiger partial charge in [-0.05, 0) is 36.5 Å². The number of amides is 1. The van der Waals surface area contributed by atoms with Gasteiger partial charge in [0.1, 0.15) is 5.82 Å². The largest absolute Gasteiger partial charge is 0.399 e. The van der Waals surface area contributed by atoms with E-state index in [1.54, 1.807) is 0 Å². The minimum absolute atomic E-state index is 0.114. The number of benzene rings is 1. The van der Waals surface area contributed by atoms with Crippen LogP contribution in [0.15, 0.2) is 18.2 Å². The van der Waals surface area contributed by atoms with Gasteiger partial charge in [0.05, 0.1) is 0 Å². The minimum atomic E-state index is -0.523. The monoisotopic (exact) mass is 268 g/mol. The Bertz CT molecular complexity index is 427. The minimum Gasteiger partial charge on any atom is -0.399 e.